The Hall–Kier alpha value is -1.04. The number of benzene rings is 1. The van der Waals surface area contributed by atoms with E-state index in [0.717, 1.165) is 6.07 Å². The van der Waals surface area contributed by atoms with E-state index < -0.39 is 17.7 Å². The second-order valence-corrected chi connectivity index (χ2v) is 3.36. The van der Waals surface area contributed by atoms with Crippen molar-refractivity contribution in [3.8, 4) is 0 Å². The summed E-state index contributed by atoms with van der Waals surface area (Å²) in [5, 5.41) is 12.5. The largest absolute Gasteiger partial charge is 0.387 e. The molecule has 1 aromatic carbocycles. The number of ether oxygens (including phenoxy) is 1. The van der Waals surface area contributed by atoms with E-state index in [4.69, 9.17) is 4.74 Å². The Labute approximate surface area is 93.0 Å². The summed E-state index contributed by atoms with van der Waals surface area (Å²) in [7, 11) is 1.56. The zero-order valence-corrected chi connectivity index (χ0v) is 9.04. The van der Waals surface area contributed by atoms with Crippen LogP contribution in [0.5, 0.6) is 0 Å². The maximum Gasteiger partial charge on any atom is 0.164 e. The molecule has 0 saturated carbocycles. The summed E-state index contributed by atoms with van der Waals surface area (Å²) >= 11 is 0. The molecular weight excluding hydrogens is 216 g/mol. The predicted octanol–water partition coefficient (Wildman–Crippen LogP) is 1.23. The Morgan fingerprint density at radius 1 is 1.44 bits per heavy atom. The minimum Gasteiger partial charge on any atom is -0.387 e. The monoisotopic (exact) mass is 231 g/mol. The van der Waals surface area contributed by atoms with Crippen molar-refractivity contribution in [2.45, 2.75) is 6.10 Å². The topological polar surface area (TPSA) is 41.5 Å². The third kappa shape index (κ3) is 3.52. The lowest BCUT2D eigenvalue weighted by atomic mass is 10.1. The number of aliphatic hydroxyl groups excluding tert-OH is 1. The SMILES string of the molecule is COCCNCC(O)c1cccc(F)c1F. The van der Waals surface area contributed by atoms with Gasteiger partial charge in [0.1, 0.15) is 0 Å². The molecule has 16 heavy (non-hydrogen) atoms. The number of hydrogen-bond acceptors (Lipinski definition) is 3. The van der Waals surface area contributed by atoms with E-state index in [2.05, 4.69) is 5.32 Å². The molecule has 0 radical (unpaired) electrons. The molecule has 1 atom stereocenters. The molecule has 0 spiro atoms. The van der Waals surface area contributed by atoms with Gasteiger partial charge >= 0.3 is 0 Å². The third-order valence-electron chi connectivity index (χ3n) is 2.16. The Bertz CT molecular complexity index is 334. The molecule has 0 heterocycles. The smallest absolute Gasteiger partial charge is 0.164 e. The minimum absolute atomic E-state index is 0.0371. The van der Waals surface area contributed by atoms with Gasteiger partial charge in [-0.15, -0.1) is 0 Å². The normalized spacial score (nSPS) is 12.8. The zero-order valence-electron chi connectivity index (χ0n) is 9.04. The van der Waals surface area contributed by atoms with E-state index in [1.165, 1.54) is 12.1 Å². The Morgan fingerprint density at radius 2 is 2.19 bits per heavy atom. The van der Waals surface area contributed by atoms with Crippen LogP contribution in [-0.4, -0.2) is 31.9 Å². The molecule has 0 aliphatic heterocycles. The molecule has 0 amide bonds. The molecule has 3 nitrogen and oxygen atoms in total. The van der Waals surface area contributed by atoms with E-state index in [0.29, 0.717) is 13.2 Å². The molecule has 0 aromatic heterocycles. The van der Waals surface area contributed by atoms with Crippen LogP contribution < -0.4 is 5.32 Å². The van der Waals surface area contributed by atoms with E-state index in [-0.39, 0.29) is 12.1 Å². The number of halogens is 2. The van der Waals surface area contributed by atoms with E-state index in [9.17, 15) is 13.9 Å². The Morgan fingerprint density at radius 3 is 2.88 bits per heavy atom. The van der Waals surface area contributed by atoms with Crippen LogP contribution in [0.2, 0.25) is 0 Å². The minimum atomic E-state index is -1.06. The number of methoxy groups -OCH3 is 1. The summed E-state index contributed by atoms with van der Waals surface area (Å²) in [4.78, 5) is 0. The molecular formula is C11H15F2NO2. The molecule has 90 valence electrons. The lowest BCUT2D eigenvalue weighted by molar-refractivity contribution is 0.157. The standard InChI is InChI=1S/C11H15F2NO2/c1-16-6-5-14-7-10(15)8-3-2-4-9(12)11(8)13/h2-4,10,14-15H,5-7H2,1H3. The van der Waals surface area contributed by atoms with Gasteiger partial charge in [-0.2, -0.15) is 0 Å². The van der Waals surface area contributed by atoms with Crippen LogP contribution >= 0.6 is 0 Å². The Kier molecular flexibility index (Phi) is 5.31. The number of rotatable bonds is 6. The van der Waals surface area contributed by atoms with Gasteiger partial charge in [-0.25, -0.2) is 8.78 Å². The molecule has 1 unspecified atom stereocenters. The summed E-state index contributed by atoms with van der Waals surface area (Å²) in [6.45, 7) is 1.20. The van der Waals surface area contributed by atoms with Gasteiger partial charge in [-0.1, -0.05) is 12.1 Å². The lowest BCUT2D eigenvalue weighted by Crippen LogP contribution is -2.25. The zero-order chi connectivity index (χ0) is 12.0. The fraction of sp³-hybridized carbons (Fsp3) is 0.455. The molecule has 0 saturated heterocycles. The molecule has 5 heteroatoms. The maximum atomic E-state index is 13.2. The lowest BCUT2D eigenvalue weighted by Gasteiger charge is -2.13. The third-order valence-corrected chi connectivity index (χ3v) is 2.16. The average Bonchev–Trinajstić information content (AvgIpc) is 2.28. The highest BCUT2D eigenvalue weighted by atomic mass is 19.2. The highest BCUT2D eigenvalue weighted by Crippen LogP contribution is 2.18. The van der Waals surface area contributed by atoms with Crippen LogP contribution in [0.15, 0.2) is 18.2 Å². The molecule has 0 aliphatic carbocycles. The summed E-state index contributed by atoms with van der Waals surface area (Å²) in [5.74, 6) is -1.95. The van der Waals surface area contributed by atoms with Crippen molar-refractivity contribution in [2.75, 3.05) is 26.8 Å². The van der Waals surface area contributed by atoms with Crippen LogP contribution in [0.1, 0.15) is 11.7 Å². The first-order valence-corrected chi connectivity index (χ1v) is 4.98. The van der Waals surface area contributed by atoms with Gasteiger partial charge in [0.25, 0.3) is 0 Å². The van der Waals surface area contributed by atoms with Gasteiger partial charge in [-0.3, -0.25) is 0 Å². The number of hydrogen-bond donors (Lipinski definition) is 2. The maximum absolute atomic E-state index is 13.2. The van der Waals surface area contributed by atoms with Crippen molar-refractivity contribution in [1.29, 1.82) is 0 Å². The van der Waals surface area contributed by atoms with E-state index in [1.54, 1.807) is 7.11 Å². The fourth-order valence-electron chi connectivity index (χ4n) is 1.30. The van der Waals surface area contributed by atoms with Crippen LogP contribution in [0.25, 0.3) is 0 Å². The predicted molar refractivity (Wildman–Crippen MR) is 56.1 cm³/mol. The van der Waals surface area contributed by atoms with Gasteiger partial charge in [-0.05, 0) is 6.07 Å². The van der Waals surface area contributed by atoms with Gasteiger partial charge in [0.2, 0.25) is 0 Å². The second-order valence-electron chi connectivity index (χ2n) is 3.36. The van der Waals surface area contributed by atoms with Crippen molar-refractivity contribution in [3.63, 3.8) is 0 Å². The van der Waals surface area contributed by atoms with Crippen LogP contribution in [0, 0.1) is 11.6 Å². The molecule has 1 rings (SSSR count). The highest BCUT2D eigenvalue weighted by molar-refractivity contribution is 5.21. The number of nitrogens with one attached hydrogen (secondary N) is 1. The van der Waals surface area contributed by atoms with E-state index in [1.807, 2.05) is 0 Å². The van der Waals surface area contributed by atoms with Crippen molar-refractivity contribution in [2.24, 2.45) is 0 Å². The molecule has 1 aromatic rings. The van der Waals surface area contributed by atoms with Gasteiger partial charge in [0.15, 0.2) is 11.6 Å². The first kappa shape index (κ1) is 13.0. The average molecular weight is 231 g/mol. The van der Waals surface area contributed by atoms with E-state index >= 15 is 0 Å². The fourth-order valence-corrected chi connectivity index (χ4v) is 1.30. The van der Waals surface area contributed by atoms with Gasteiger partial charge < -0.3 is 15.2 Å². The van der Waals surface area contributed by atoms with Gasteiger partial charge in [0, 0.05) is 25.8 Å². The van der Waals surface area contributed by atoms with Crippen LogP contribution in [0.3, 0.4) is 0 Å². The summed E-state index contributed by atoms with van der Waals surface area (Å²) in [6, 6.07) is 3.75. The van der Waals surface area contributed by atoms with Crippen molar-refractivity contribution >= 4 is 0 Å². The summed E-state index contributed by atoms with van der Waals surface area (Å²) in [6.07, 6.45) is -1.06. The summed E-state index contributed by atoms with van der Waals surface area (Å²) in [5.41, 5.74) is -0.0371. The van der Waals surface area contributed by atoms with Crippen LogP contribution in [0.4, 0.5) is 8.78 Å². The quantitative estimate of drug-likeness (QED) is 0.724. The second kappa shape index (κ2) is 6.52. The molecule has 2 N–H and O–H groups in total. The molecule has 0 aliphatic rings. The van der Waals surface area contributed by atoms with Crippen molar-refractivity contribution in [1.82, 2.24) is 5.32 Å². The number of aliphatic hydroxyl groups is 1. The molecule has 0 fully saturated rings. The molecule has 0 bridgehead atoms. The van der Waals surface area contributed by atoms with Gasteiger partial charge in [0.05, 0.1) is 12.7 Å². The summed E-state index contributed by atoms with van der Waals surface area (Å²) < 4.78 is 30.9. The first-order chi connectivity index (χ1) is 7.66. The van der Waals surface area contributed by atoms with Crippen molar-refractivity contribution < 1.29 is 18.6 Å². The highest BCUT2D eigenvalue weighted by Gasteiger charge is 2.14. The first-order valence-electron chi connectivity index (χ1n) is 4.98. The van der Waals surface area contributed by atoms with Crippen LogP contribution in [-0.2, 0) is 4.74 Å². The Balaban J connectivity index is 2.52. The van der Waals surface area contributed by atoms with Crippen molar-refractivity contribution in [3.05, 3.63) is 35.4 Å².